The molecule has 17 heteroatoms. The fourth-order valence-electron chi connectivity index (χ4n) is 4.59. The summed E-state index contributed by atoms with van der Waals surface area (Å²) in [5.74, 6) is 0.336. The van der Waals surface area contributed by atoms with Gasteiger partial charge in [-0.15, -0.1) is 0 Å². The van der Waals surface area contributed by atoms with E-state index in [-0.39, 0.29) is 47.1 Å². The van der Waals surface area contributed by atoms with Gasteiger partial charge in [0.25, 0.3) is 10.1 Å². The van der Waals surface area contributed by atoms with Gasteiger partial charge in [0.15, 0.2) is 0 Å². The van der Waals surface area contributed by atoms with E-state index in [4.69, 9.17) is 32.5 Å². The zero-order chi connectivity index (χ0) is 32.5. The third-order valence-electron chi connectivity index (χ3n) is 6.85. The van der Waals surface area contributed by atoms with Gasteiger partial charge in [-0.05, 0) is 56.3 Å². The van der Waals surface area contributed by atoms with E-state index in [9.17, 15) is 26.9 Å². The molecule has 2 aromatic rings. The first-order chi connectivity index (χ1) is 20.6. The van der Waals surface area contributed by atoms with Gasteiger partial charge in [-0.25, -0.2) is 13.2 Å². The van der Waals surface area contributed by atoms with Gasteiger partial charge in [-0.3, -0.25) is 9.45 Å². The zero-order valence-electron chi connectivity index (χ0n) is 24.4. The van der Waals surface area contributed by atoms with Crippen molar-refractivity contribution in [1.82, 2.24) is 24.7 Å². The van der Waals surface area contributed by atoms with Gasteiger partial charge in [0, 0.05) is 68.4 Å². The van der Waals surface area contributed by atoms with E-state index in [1.165, 1.54) is 34.6 Å². The zero-order valence-corrected chi connectivity index (χ0v) is 27.5. The van der Waals surface area contributed by atoms with Crippen LogP contribution in [0.5, 0.6) is 11.5 Å². The number of benzene rings is 2. The summed E-state index contributed by atoms with van der Waals surface area (Å²) in [5, 5.41) is 15.9. The molecule has 3 N–H and O–H groups in total. The van der Waals surface area contributed by atoms with Crippen LogP contribution in [0, 0.1) is 11.3 Å². The fourth-order valence-corrected chi connectivity index (χ4v) is 6.71. The summed E-state index contributed by atoms with van der Waals surface area (Å²) in [6.45, 7) is 5.81. The molecule has 0 aliphatic carbocycles. The molecule has 0 unspecified atom stereocenters. The van der Waals surface area contributed by atoms with Crippen LogP contribution in [0.2, 0.25) is 10.0 Å². The van der Waals surface area contributed by atoms with Crippen molar-refractivity contribution >= 4 is 49.4 Å². The standard InChI is InChI=1S/C26H32Cl2N6O4S.CH4O3S/c1-32-10-12-33(13-11-32)9-6-30-26(35)31-22-4-7-34(8-5-22)39(36,37)25-14-19(18-29)2-3-24(25)38-23-16-20(27)15-21(28)17-23;1-5(2,3)4/h2-3,14-17,22H,4-13H2,1H3,(H2,30,31,35);1H3,(H,2,3,4). The molecule has 0 bridgehead atoms. The number of rotatable bonds is 8. The Balaban J connectivity index is 0.000000978. The lowest BCUT2D eigenvalue weighted by Crippen LogP contribution is -2.51. The normalized spacial score (nSPS) is 17.2. The number of urea groups is 1. The highest BCUT2D eigenvalue weighted by molar-refractivity contribution is 7.89. The number of nitrogens with one attached hydrogen (secondary N) is 2. The Kier molecular flexibility index (Phi) is 13.1. The predicted molar refractivity (Wildman–Crippen MR) is 167 cm³/mol. The Hall–Kier alpha value is -2.68. The van der Waals surface area contributed by atoms with Crippen LogP contribution in [0.15, 0.2) is 41.3 Å². The maximum absolute atomic E-state index is 13.6. The molecule has 2 amide bonds. The van der Waals surface area contributed by atoms with Crippen molar-refractivity contribution in [3.05, 3.63) is 52.0 Å². The molecular formula is C27H36Cl2N6O7S2. The lowest BCUT2D eigenvalue weighted by atomic mass is 10.1. The minimum absolute atomic E-state index is 0.0623. The highest BCUT2D eigenvalue weighted by atomic mass is 35.5. The van der Waals surface area contributed by atoms with Crippen molar-refractivity contribution in [3.63, 3.8) is 0 Å². The van der Waals surface area contributed by atoms with Crippen molar-refractivity contribution in [2.75, 3.05) is 65.7 Å². The Labute approximate surface area is 268 Å². The number of piperidine rings is 1. The monoisotopic (exact) mass is 690 g/mol. The number of nitrogens with zero attached hydrogens (tertiary/aromatic N) is 4. The number of carbonyl (C=O) groups is 1. The summed E-state index contributed by atoms with van der Waals surface area (Å²) in [6.07, 6.45) is 1.64. The first-order valence-electron chi connectivity index (χ1n) is 13.7. The molecule has 2 aliphatic rings. The van der Waals surface area contributed by atoms with Gasteiger partial charge in [0.2, 0.25) is 10.0 Å². The lowest BCUT2D eigenvalue weighted by molar-refractivity contribution is 0.154. The quantitative estimate of drug-likeness (QED) is 0.350. The summed E-state index contributed by atoms with van der Waals surface area (Å²) in [4.78, 5) is 16.9. The SMILES string of the molecule is CN1CCN(CCNC(=O)NC2CCN(S(=O)(=O)c3cc(C#N)ccc3Oc3cc(Cl)cc(Cl)c3)CC2)CC1.CS(=O)(=O)O. The number of nitriles is 1. The van der Waals surface area contributed by atoms with Crippen LogP contribution < -0.4 is 15.4 Å². The van der Waals surface area contributed by atoms with Crippen molar-refractivity contribution in [2.24, 2.45) is 0 Å². The smallest absolute Gasteiger partial charge is 0.315 e. The fraction of sp³-hybridized carbons (Fsp3) is 0.481. The molecule has 2 saturated heterocycles. The summed E-state index contributed by atoms with van der Waals surface area (Å²) in [7, 11) is -5.56. The molecule has 2 fully saturated rings. The Morgan fingerprint density at radius 2 is 1.61 bits per heavy atom. The second-order valence-corrected chi connectivity index (χ2v) is 14.7. The highest BCUT2D eigenvalue weighted by Crippen LogP contribution is 2.35. The van der Waals surface area contributed by atoms with Crippen LogP contribution in [0.4, 0.5) is 4.79 Å². The Morgan fingerprint density at radius 1 is 1.02 bits per heavy atom. The van der Waals surface area contributed by atoms with Gasteiger partial charge >= 0.3 is 6.03 Å². The van der Waals surface area contributed by atoms with E-state index in [1.54, 1.807) is 6.07 Å². The molecule has 2 aromatic carbocycles. The van der Waals surface area contributed by atoms with Gasteiger partial charge in [-0.1, -0.05) is 23.2 Å². The first-order valence-corrected chi connectivity index (χ1v) is 17.7. The van der Waals surface area contributed by atoms with Crippen molar-refractivity contribution in [1.29, 1.82) is 5.26 Å². The number of piperazine rings is 1. The summed E-state index contributed by atoms with van der Waals surface area (Å²) in [5.41, 5.74) is 0.190. The minimum Gasteiger partial charge on any atom is -0.456 e. The van der Waals surface area contributed by atoms with Gasteiger partial charge in [0.1, 0.15) is 16.4 Å². The predicted octanol–water partition coefficient (Wildman–Crippen LogP) is 2.86. The third kappa shape index (κ3) is 11.7. The number of carbonyl (C=O) groups excluding carboxylic acids is 1. The third-order valence-corrected chi connectivity index (χ3v) is 9.21. The topological polar surface area (TPSA) is 172 Å². The van der Waals surface area contributed by atoms with E-state index in [1.807, 2.05) is 6.07 Å². The van der Waals surface area contributed by atoms with Crippen LogP contribution in [0.3, 0.4) is 0 Å². The molecule has 13 nitrogen and oxygen atoms in total. The molecule has 4 rings (SSSR count). The van der Waals surface area contributed by atoms with Crippen molar-refractivity contribution < 1.29 is 30.9 Å². The molecule has 242 valence electrons. The van der Waals surface area contributed by atoms with Gasteiger partial charge in [-0.2, -0.15) is 18.0 Å². The number of hydrogen-bond donors (Lipinski definition) is 3. The maximum Gasteiger partial charge on any atom is 0.315 e. The average molecular weight is 692 g/mol. The number of hydrogen-bond acceptors (Lipinski definition) is 9. The maximum atomic E-state index is 13.6. The van der Waals surface area contributed by atoms with Crippen LogP contribution in [-0.2, 0) is 20.1 Å². The lowest BCUT2D eigenvalue weighted by Gasteiger charge is -2.33. The van der Waals surface area contributed by atoms with Crippen LogP contribution in [-0.4, -0.2) is 113 Å². The van der Waals surface area contributed by atoms with Crippen molar-refractivity contribution in [3.8, 4) is 17.6 Å². The van der Waals surface area contributed by atoms with Gasteiger partial charge < -0.3 is 20.3 Å². The molecule has 44 heavy (non-hydrogen) atoms. The van der Waals surface area contributed by atoms with Crippen LogP contribution >= 0.6 is 23.2 Å². The van der Waals surface area contributed by atoms with Crippen molar-refractivity contribution in [2.45, 2.75) is 23.8 Å². The van der Waals surface area contributed by atoms with Crippen LogP contribution in [0.25, 0.3) is 0 Å². The number of sulfonamides is 1. The second-order valence-electron chi connectivity index (χ2n) is 10.4. The second kappa shape index (κ2) is 16.1. The Morgan fingerprint density at radius 3 is 2.18 bits per heavy atom. The first kappa shape index (κ1) is 35.8. The van der Waals surface area contributed by atoms with E-state index in [0.717, 1.165) is 32.7 Å². The summed E-state index contributed by atoms with van der Waals surface area (Å²) in [6, 6.07) is 10.4. The van der Waals surface area contributed by atoms with E-state index < -0.39 is 20.1 Å². The number of ether oxygens (including phenoxy) is 1. The van der Waals surface area contributed by atoms with E-state index in [0.29, 0.717) is 35.7 Å². The highest BCUT2D eigenvalue weighted by Gasteiger charge is 2.32. The molecule has 2 aliphatic heterocycles. The van der Waals surface area contributed by atoms with Crippen LogP contribution in [0.1, 0.15) is 18.4 Å². The molecule has 0 radical (unpaired) electrons. The number of amides is 2. The number of halogens is 2. The van der Waals surface area contributed by atoms with E-state index in [2.05, 4.69) is 27.5 Å². The number of likely N-dealkylation sites (N-methyl/N-ethyl adjacent to an activating group) is 1. The molecular weight excluding hydrogens is 655 g/mol. The van der Waals surface area contributed by atoms with Gasteiger partial charge in [0.05, 0.1) is 17.9 Å². The molecule has 0 atom stereocenters. The van der Waals surface area contributed by atoms with E-state index >= 15 is 0 Å². The largest absolute Gasteiger partial charge is 0.456 e. The minimum atomic E-state index is -3.99. The molecule has 0 spiro atoms. The molecule has 0 saturated carbocycles. The molecule has 0 aromatic heterocycles. The average Bonchev–Trinajstić information content (AvgIpc) is 2.93. The Bertz CT molecular complexity index is 1530. The summed E-state index contributed by atoms with van der Waals surface area (Å²) >= 11 is 12.1. The summed E-state index contributed by atoms with van der Waals surface area (Å²) < 4.78 is 60.3. The molecule has 2 heterocycles.